The minimum absolute atomic E-state index is 0.278. The fourth-order valence-electron chi connectivity index (χ4n) is 1.40. The molecule has 84 valence electrons. The van der Waals surface area contributed by atoms with Gasteiger partial charge in [-0.05, 0) is 46.7 Å². The summed E-state index contributed by atoms with van der Waals surface area (Å²) < 4.78 is 37.6. The Morgan fingerprint density at radius 1 is 1.33 bits per heavy atom. The first kappa shape index (κ1) is 12.8. The van der Waals surface area contributed by atoms with E-state index in [0.29, 0.717) is 5.56 Å². The lowest BCUT2D eigenvalue weighted by atomic mass is 9.81. The Kier molecular flexibility index (Phi) is 4.05. The third-order valence-corrected chi connectivity index (χ3v) is 3.32. The van der Waals surface area contributed by atoms with Crippen molar-refractivity contribution < 1.29 is 12.9 Å². The van der Waals surface area contributed by atoms with E-state index >= 15 is 0 Å². The summed E-state index contributed by atoms with van der Waals surface area (Å²) in [4.78, 5) is 0. The molecule has 0 bridgehead atoms. The summed E-state index contributed by atoms with van der Waals surface area (Å²) >= 11 is 2.03. The maximum Gasteiger partial charge on any atom is 0.482 e. The van der Waals surface area contributed by atoms with Gasteiger partial charge in [0.25, 0.3) is 0 Å². The number of rotatable bonds is 3. The number of hydrogen-bond donors (Lipinski definition) is 1. The smallest absolute Gasteiger partial charge is 0.449 e. The Labute approximate surface area is 100 Å². The zero-order valence-corrected chi connectivity index (χ0v) is 10.4. The van der Waals surface area contributed by atoms with Crippen molar-refractivity contribution in [3.63, 3.8) is 0 Å². The summed E-state index contributed by atoms with van der Waals surface area (Å²) in [6, 6.07) is 3.12. The van der Waals surface area contributed by atoms with Crippen molar-refractivity contribution in [2.45, 2.75) is 19.8 Å². The van der Waals surface area contributed by atoms with Gasteiger partial charge in [0.05, 0.1) is 0 Å². The number of benzene rings is 1. The van der Waals surface area contributed by atoms with E-state index in [2.05, 4.69) is 0 Å². The third-order valence-electron chi connectivity index (χ3n) is 2.20. The number of nitrogens with two attached hydrogens (primary N) is 1. The largest absolute Gasteiger partial charge is 0.482 e. The molecule has 0 saturated carbocycles. The fourth-order valence-corrected chi connectivity index (χ4v) is 2.14. The second-order valence-corrected chi connectivity index (χ2v) is 4.64. The molecule has 1 aromatic rings. The van der Waals surface area contributed by atoms with Gasteiger partial charge in [-0.2, -0.15) is 0 Å². The highest BCUT2D eigenvalue weighted by Crippen LogP contribution is 2.22. The second-order valence-electron chi connectivity index (χ2n) is 3.48. The van der Waals surface area contributed by atoms with Crippen molar-refractivity contribution in [2.24, 2.45) is 5.73 Å². The predicted octanol–water partition coefficient (Wildman–Crippen LogP) is 2.99. The molecule has 1 nitrogen and oxygen atoms in total. The van der Waals surface area contributed by atoms with Crippen molar-refractivity contribution >= 4 is 29.6 Å². The summed E-state index contributed by atoms with van der Waals surface area (Å²) in [5, 5.41) is 0. The van der Waals surface area contributed by atoms with E-state index in [-0.39, 0.29) is 6.54 Å². The van der Waals surface area contributed by atoms with Gasteiger partial charge in [0, 0.05) is 10.1 Å². The van der Waals surface area contributed by atoms with E-state index in [1.54, 1.807) is 12.1 Å². The first-order chi connectivity index (χ1) is 6.83. The molecule has 0 amide bonds. The molecule has 0 fully saturated rings. The molecule has 0 heterocycles. The summed E-state index contributed by atoms with van der Waals surface area (Å²) in [5.41, 5.74) is 7.53. The third kappa shape index (κ3) is 3.68. The monoisotopic (exact) mass is 328 g/mol. The normalized spacial score (nSPS) is 11.9. The van der Waals surface area contributed by atoms with E-state index in [1.165, 1.54) is 0 Å². The molecular weight excluding hydrogens is 317 g/mol. The van der Waals surface area contributed by atoms with Crippen molar-refractivity contribution in [1.82, 2.24) is 0 Å². The highest BCUT2D eigenvalue weighted by atomic mass is 127. The molecule has 0 radical (unpaired) electrons. The molecule has 0 unspecified atom stereocenters. The predicted molar refractivity (Wildman–Crippen MR) is 64.6 cm³/mol. The molecule has 6 heteroatoms. The van der Waals surface area contributed by atoms with Crippen LogP contribution in [0.4, 0.5) is 12.9 Å². The molecule has 0 spiro atoms. The van der Waals surface area contributed by atoms with Crippen LogP contribution in [0.1, 0.15) is 16.7 Å². The van der Waals surface area contributed by atoms with Crippen LogP contribution in [-0.2, 0) is 12.9 Å². The lowest BCUT2D eigenvalue weighted by Gasteiger charge is -2.16. The van der Waals surface area contributed by atoms with Gasteiger partial charge in [-0.15, -0.1) is 0 Å². The van der Waals surface area contributed by atoms with Crippen LogP contribution >= 0.6 is 22.6 Å². The van der Waals surface area contributed by atoms with Gasteiger partial charge >= 0.3 is 6.98 Å². The van der Waals surface area contributed by atoms with E-state index in [9.17, 15) is 12.9 Å². The van der Waals surface area contributed by atoms with Gasteiger partial charge in [-0.25, -0.2) is 0 Å². The first-order valence-corrected chi connectivity index (χ1v) is 5.60. The highest BCUT2D eigenvalue weighted by Gasteiger charge is 2.23. The molecule has 0 aliphatic rings. The minimum Gasteiger partial charge on any atom is -0.449 e. The maximum atomic E-state index is 12.2. The molecule has 0 aliphatic heterocycles. The van der Waals surface area contributed by atoms with Crippen molar-refractivity contribution in [1.29, 1.82) is 0 Å². The van der Waals surface area contributed by atoms with Crippen molar-refractivity contribution in [3.05, 3.63) is 32.4 Å². The van der Waals surface area contributed by atoms with Gasteiger partial charge in [0.1, 0.15) is 0 Å². The topological polar surface area (TPSA) is 26.0 Å². The van der Waals surface area contributed by atoms with Crippen LogP contribution in [0.2, 0.25) is 0 Å². The highest BCUT2D eigenvalue weighted by molar-refractivity contribution is 14.1. The molecule has 0 aromatic heterocycles. The Bertz CT molecular complexity index is 365. The van der Waals surface area contributed by atoms with E-state index in [4.69, 9.17) is 5.73 Å². The molecule has 15 heavy (non-hydrogen) atoms. The molecule has 0 aliphatic carbocycles. The van der Waals surface area contributed by atoms with Crippen LogP contribution in [0.5, 0.6) is 0 Å². The van der Waals surface area contributed by atoms with Crippen molar-refractivity contribution in [2.75, 3.05) is 0 Å². The number of halogens is 4. The van der Waals surface area contributed by atoms with Gasteiger partial charge in [0.2, 0.25) is 0 Å². The average Bonchev–Trinajstić information content (AvgIpc) is 2.08. The zero-order chi connectivity index (χ0) is 11.6. The SMILES string of the molecule is Cc1c(I)cc(C[B-](F)(F)F)cc1CN. The van der Waals surface area contributed by atoms with Gasteiger partial charge in [-0.1, -0.05) is 17.9 Å². The second kappa shape index (κ2) is 4.73. The molecule has 0 saturated heterocycles. The van der Waals surface area contributed by atoms with E-state index in [0.717, 1.165) is 14.7 Å². The van der Waals surface area contributed by atoms with Crippen LogP contribution in [0, 0.1) is 10.5 Å². The summed E-state index contributed by atoms with van der Waals surface area (Å²) in [6.45, 7) is -2.63. The molecular formula is C9H11BF3IN-. The van der Waals surface area contributed by atoms with Gasteiger partial charge in [-0.3, -0.25) is 0 Å². The van der Waals surface area contributed by atoms with Crippen LogP contribution in [-0.4, -0.2) is 6.98 Å². The summed E-state index contributed by atoms with van der Waals surface area (Å²) in [7, 11) is 0. The minimum atomic E-state index is -4.77. The Balaban J connectivity index is 3.06. The molecule has 1 aromatic carbocycles. The maximum absolute atomic E-state index is 12.2. The number of hydrogen-bond acceptors (Lipinski definition) is 1. The zero-order valence-electron chi connectivity index (χ0n) is 8.24. The fraction of sp³-hybridized carbons (Fsp3) is 0.333. The summed E-state index contributed by atoms with van der Waals surface area (Å²) in [5.74, 6) is 0. The van der Waals surface area contributed by atoms with Crippen molar-refractivity contribution in [3.8, 4) is 0 Å². The Morgan fingerprint density at radius 3 is 2.40 bits per heavy atom. The lowest BCUT2D eigenvalue weighted by molar-refractivity contribution is 0.468. The quantitative estimate of drug-likeness (QED) is 0.670. The van der Waals surface area contributed by atoms with Crippen LogP contribution in [0.3, 0.4) is 0 Å². The van der Waals surface area contributed by atoms with E-state index in [1.807, 2.05) is 29.5 Å². The Morgan fingerprint density at radius 2 is 1.93 bits per heavy atom. The Hall–Kier alpha value is -0.235. The van der Waals surface area contributed by atoms with E-state index < -0.39 is 13.3 Å². The van der Waals surface area contributed by atoms with Crippen LogP contribution in [0.25, 0.3) is 0 Å². The first-order valence-electron chi connectivity index (χ1n) is 4.52. The summed E-state index contributed by atoms with van der Waals surface area (Å²) in [6.07, 6.45) is -0.830. The standard InChI is InChI=1S/C9H11BF3IN/c1-6-8(5-15)2-7(3-9(6)14)4-10(11,12)13/h2-3H,4-5,15H2,1H3/q-1. The molecule has 1 rings (SSSR count). The molecule has 2 N–H and O–H groups in total. The van der Waals surface area contributed by atoms with Gasteiger partial charge in [0.15, 0.2) is 0 Å². The van der Waals surface area contributed by atoms with Crippen LogP contribution in [0.15, 0.2) is 12.1 Å². The van der Waals surface area contributed by atoms with Gasteiger partial charge < -0.3 is 18.7 Å². The lowest BCUT2D eigenvalue weighted by Crippen LogP contribution is -2.19. The molecule has 0 atom stereocenters. The average molecular weight is 328 g/mol. The van der Waals surface area contributed by atoms with Crippen LogP contribution < -0.4 is 5.73 Å².